The molecule has 3 aromatic rings. The van der Waals surface area contributed by atoms with Gasteiger partial charge in [-0.15, -0.1) is 0 Å². The van der Waals surface area contributed by atoms with E-state index in [0.717, 1.165) is 11.3 Å². The minimum absolute atomic E-state index is 0.255. The Labute approximate surface area is 127 Å². The quantitative estimate of drug-likeness (QED) is 0.771. The second-order valence-electron chi connectivity index (χ2n) is 4.62. The third-order valence-electron chi connectivity index (χ3n) is 3.22. The average molecular weight is 294 g/mol. The van der Waals surface area contributed by atoms with Gasteiger partial charge < -0.3 is 15.5 Å². The number of hydrogen-bond donors (Lipinski definition) is 2. The molecule has 0 saturated heterocycles. The number of carbonyl (C=O) groups is 1. The van der Waals surface area contributed by atoms with E-state index < -0.39 is 5.91 Å². The van der Waals surface area contributed by atoms with Gasteiger partial charge in [0.15, 0.2) is 5.82 Å². The molecule has 0 spiro atoms. The van der Waals surface area contributed by atoms with E-state index in [2.05, 4.69) is 15.0 Å². The first-order chi connectivity index (χ1) is 10.7. The van der Waals surface area contributed by atoms with Crippen molar-refractivity contribution in [3.63, 3.8) is 0 Å². The Morgan fingerprint density at radius 1 is 1.18 bits per heavy atom. The summed E-state index contributed by atoms with van der Waals surface area (Å²) in [6.07, 6.45) is 1.66. The van der Waals surface area contributed by atoms with E-state index in [4.69, 9.17) is 10.5 Å². The van der Waals surface area contributed by atoms with E-state index in [0.29, 0.717) is 17.2 Å². The van der Waals surface area contributed by atoms with Gasteiger partial charge in [-0.3, -0.25) is 9.78 Å². The molecule has 1 amide bonds. The highest BCUT2D eigenvalue weighted by molar-refractivity contribution is 5.97. The third kappa shape index (κ3) is 2.54. The number of ether oxygens (including phenoxy) is 1. The molecule has 2 heterocycles. The maximum atomic E-state index is 11.7. The van der Waals surface area contributed by atoms with Crippen LogP contribution in [0.5, 0.6) is 5.75 Å². The van der Waals surface area contributed by atoms with E-state index in [-0.39, 0.29) is 5.69 Å². The monoisotopic (exact) mass is 294 g/mol. The van der Waals surface area contributed by atoms with Gasteiger partial charge in [-0.1, -0.05) is 6.07 Å². The van der Waals surface area contributed by atoms with Crippen LogP contribution < -0.4 is 10.5 Å². The normalized spacial score (nSPS) is 10.4. The van der Waals surface area contributed by atoms with Gasteiger partial charge in [0.05, 0.1) is 7.11 Å². The Morgan fingerprint density at radius 2 is 1.95 bits per heavy atom. The minimum atomic E-state index is -0.569. The van der Waals surface area contributed by atoms with Crippen LogP contribution in [0.2, 0.25) is 0 Å². The predicted octanol–water partition coefficient (Wildman–Crippen LogP) is 2.25. The van der Waals surface area contributed by atoms with Crippen molar-refractivity contribution in [1.29, 1.82) is 0 Å². The smallest absolute Gasteiger partial charge is 0.267 e. The molecule has 0 aliphatic heterocycles. The molecular formula is C16H14N4O2. The topological polar surface area (TPSA) is 93.9 Å². The van der Waals surface area contributed by atoms with Crippen LogP contribution in [0.15, 0.2) is 48.7 Å². The van der Waals surface area contributed by atoms with Crippen LogP contribution in [0, 0.1) is 0 Å². The minimum Gasteiger partial charge on any atom is -0.497 e. The Kier molecular flexibility index (Phi) is 3.57. The average Bonchev–Trinajstić information content (AvgIpc) is 3.01. The van der Waals surface area contributed by atoms with Crippen LogP contribution in [0.25, 0.3) is 22.8 Å². The maximum Gasteiger partial charge on any atom is 0.267 e. The number of imidazole rings is 1. The van der Waals surface area contributed by atoms with Crippen molar-refractivity contribution in [2.24, 2.45) is 5.73 Å². The molecular weight excluding hydrogens is 280 g/mol. The lowest BCUT2D eigenvalue weighted by atomic mass is 10.1. The molecule has 0 aliphatic rings. The summed E-state index contributed by atoms with van der Waals surface area (Å²) in [5.41, 5.74) is 7.61. The molecule has 0 unspecified atom stereocenters. The van der Waals surface area contributed by atoms with Crippen molar-refractivity contribution < 1.29 is 9.53 Å². The summed E-state index contributed by atoms with van der Waals surface area (Å²) < 4.78 is 5.13. The number of primary amides is 1. The van der Waals surface area contributed by atoms with Gasteiger partial charge in [0.1, 0.15) is 22.8 Å². The predicted molar refractivity (Wildman–Crippen MR) is 82.3 cm³/mol. The molecule has 2 aromatic heterocycles. The standard InChI is InChI=1S/C16H14N4O2/c1-22-11-7-5-10(6-8-11)13-14(15(17)21)20-16(19-13)12-4-2-3-9-18-12/h2-9H,1H3,(H2,17,21)(H,19,20). The number of methoxy groups -OCH3 is 1. The molecule has 0 radical (unpaired) electrons. The number of rotatable bonds is 4. The van der Waals surface area contributed by atoms with E-state index >= 15 is 0 Å². The van der Waals surface area contributed by atoms with Gasteiger partial charge in [-0.25, -0.2) is 4.98 Å². The van der Waals surface area contributed by atoms with Crippen LogP contribution in [0.3, 0.4) is 0 Å². The summed E-state index contributed by atoms with van der Waals surface area (Å²) in [6.45, 7) is 0. The van der Waals surface area contributed by atoms with E-state index in [9.17, 15) is 4.79 Å². The van der Waals surface area contributed by atoms with Crippen molar-refractivity contribution in [1.82, 2.24) is 15.0 Å². The van der Waals surface area contributed by atoms with Crippen molar-refractivity contribution >= 4 is 5.91 Å². The molecule has 3 rings (SSSR count). The molecule has 0 aliphatic carbocycles. The van der Waals surface area contributed by atoms with Crippen molar-refractivity contribution in [3.05, 3.63) is 54.4 Å². The number of H-pyrrole nitrogens is 1. The number of amides is 1. The summed E-state index contributed by atoms with van der Waals surface area (Å²) in [4.78, 5) is 23.3. The second kappa shape index (κ2) is 5.69. The Hall–Kier alpha value is -3.15. The van der Waals surface area contributed by atoms with Crippen LogP contribution in [0.1, 0.15) is 10.5 Å². The zero-order valence-corrected chi connectivity index (χ0v) is 11.9. The number of hydrogen-bond acceptors (Lipinski definition) is 4. The van der Waals surface area contributed by atoms with Gasteiger partial charge in [-0.05, 0) is 36.4 Å². The highest BCUT2D eigenvalue weighted by Gasteiger charge is 2.17. The Morgan fingerprint density at radius 3 is 2.55 bits per heavy atom. The molecule has 0 saturated carbocycles. The number of carbonyl (C=O) groups excluding carboxylic acids is 1. The lowest BCUT2D eigenvalue weighted by Gasteiger charge is -2.02. The van der Waals surface area contributed by atoms with E-state index in [1.54, 1.807) is 31.5 Å². The Bertz CT molecular complexity index is 795. The molecule has 6 heteroatoms. The van der Waals surface area contributed by atoms with Crippen LogP contribution >= 0.6 is 0 Å². The number of benzene rings is 1. The number of nitrogens with two attached hydrogens (primary N) is 1. The molecule has 0 atom stereocenters. The third-order valence-corrected chi connectivity index (χ3v) is 3.22. The van der Waals surface area contributed by atoms with Gasteiger partial charge >= 0.3 is 0 Å². The number of aromatic nitrogens is 3. The van der Waals surface area contributed by atoms with Crippen molar-refractivity contribution in [3.8, 4) is 28.5 Å². The fourth-order valence-corrected chi connectivity index (χ4v) is 2.13. The zero-order valence-electron chi connectivity index (χ0n) is 11.9. The molecule has 1 aromatic carbocycles. The number of pyridine rings is 1. The first kappa shape index (κ1) is 13.8. The van der Waals surface area contributed by atoms with Crippen LogP contribution in [0.4, 0.5) is 0 Å². The molecule has 6 nitrogen and oxygen atoms in total. The summed E-state index contributed by atoms with van der Waals surface area (Å²) in [7, 11) is 1.59. The van der Waals surface area contributed by atoms with E-state index in [1.165, 1.54) is 0 Å². The Balaban J connectivity index is 2.09. The fraction of sp³-hybridized carbons (Fsp3) is 0.0625. The molecule has 0 fully saturated rings. The highest BCUT2D eigenvalue weighted by atomic mass is 16.5. The van der Waals surface area contributed by atoms with Gasteiger partial charge in [-0.2, -0.15) is 0 Å². The first-order valence-electron chi connectivity index (χ1n) is 6.64. The summed E-state index contributed by atoms with van der Waals surface area (Å²) in [5.74, 6) is 0.658. The van der Waals surface area contributed by atoms with Gasteiger partial charge in [0, 0.05) is 11.8 Å². The first-order valence-corrected chi connectivity index (χ1v) is 6.64. The SMILES string of the molecule is COc1ccc(-c2nc(-c3ccccn3)[nH]c2C(N)=O)cc1. The number of aromatic amines is 1. The van der Waals surface area contributed by atoms with E-state index in [1.807, 2.05) is 24.3 Å². The molecule has 110 valence electrons. The van der Waals surface area contributed by atoms with Crippen LogP contribution in [-0.4, -0.2) is 28.0 Å². The highest BCUT2D eigenvalue weighted by Crippen LogP contribution is 2.26. The molecule has 0 bridgehead atoms. The molecule has 3 N–H and O–H groups in total. The summed E-state index contributed by atoms with van der Waals surface area (Å²) >= 11 is 0. The number of nitrogens with zero attached hydrogens (tertiary/aromatic N) is 2. The van der Waals surface area contributed by atoms with Gasteiger partial charge in [0.2, 0.25) is 0 Å². The summed E-state index contributed by atoms with van der Waals surface area (Å²) in [5, 5.41) is 0. The second-order valence-corrected chi connectivity index (χ2v) is 4.62. The number of nitrogens with one attached hydrogen (secondary N) is 1. The lowest BCUT2D eigenvalue weighted by molar-refractivity contribution is 0.0997. The van der Waals surface area contributed by atoms with Crippen molar-refractivity contribution in [2.75, 3.05) is 7.11 Å². The lowest BCUT2D eigenvalue weighted by Crippen LogP contribution is -2.12. The zero-order chi connectivity index (χ0) is 15.5. The van der Waals surface area contributed by atoms with Crippen molar-refractivity contribution in [2.45, 2.75) is 0 Å². The van der Waals surface area contributed by atoms with Gasteiger partial charge in [0.25, 0.3) is 5.91 Å². The largest absolute Gasteiger partial charge is 0.497 e. The van der Waals surface area contributed by atoms with Crippen LogP contribution in [-0.2, 0) is 0 Å². The maximum absolute atomic E-state index is 11.7. The fourth-order valence-electron chi connectivity index (χ4n) is 2.13. The summed E-state index contributed by atoms with van der Waals surface area (Å²) in [6, 6.07) is 12.7. The molecule has 22 heavy (non-hydrogen) atoms.